The molecular weight excluding hydrogens is 442 g/mol. The van der Waals surface area contributed by atoms with Crippen LogP contribution in [-0.2, 0) is 9.47 Å². The maximum Gasteiger partial charge on any atom is 0.157 e. The lowest BCUT2D eigenvalue weighted by atomic mass is 10.1. The highest BCUT2D eigenvalue weighted by molar-refractivity contribution is 4.92. The van der Waals surface area contributed by atoms with Crippen LogP contribution in [0.3, 0.4) is 0 Å². The van der Waals surface area contributed by atoms with E-state index in [4.69, 9.17) is 9.47 Å². The molecule has 1 unspecified atom stereocenters. The van der Waals surface area contributed by atoms with Crippen LogP contribution < -0.4 is 0 Å². The molecule has 1 atom stereocenters. The third-order valence-electron chi connectivity index (χ3n) is 7.15. The standard InChI is InChI=1S/C33H63NO2/c1-3-5-7-9-11-12-13-14-15-16-17-18-19-20-21-22-24-27-33(36-32-26-28-34-29-30-34)35-31-25-23-10-8-6-4-2/h11-12,14-15,33H,3-10,13,16-32H2,1-2H3. The first-order chi connectivity index (χ1) is 17.9. The van der Waals surface area contributed by atoms with Crippen molar-refractivity contribution in [1.29, 1.82) is 0 Å². The van der Waals surface area contributed by atoms with E-state index in [1.165, 1.54) is 135 Å². The molecule has 0 spiro atoms. The largest absolute Gasteiger partial charge is 0.353 e. The molecule has 3 heteroatoms. The van der Waals surface area contributed by atoms with Gasteiger partial charge in [-0.05, 0) is 57.8 Å². The van der Waals surface area contributed by atoms with Crippen LogP contribution in [0.2, 0.25) is 0 Å². The summed E-state index contributed by atoms with van der Waals surface area (Å²) in [7, 11) is 0. The van der Waals surface area contributed by atoms with E-state index < -0.39 is 0 Å². The summed E-state index contributed by atoms with van der Waals surface area (Å²) in [6, 6.07) is 0. The van der Waals surface area contributed by atoms with Crippen LogP contribution in [0.15, 0.2) is 24.3 Å². The number of allylic oxidation sites excluding steroid dienone is 4. The van der Waals surface area contributed by atoms with Gasteiger partial charge in [0.25, 0.3) is 0 Å². The molecule has 0 saturated carbocycles. The van der Waals surface area contributed by atoms with Crippen molar-refractivity contribution in [2.24, 2.45) is 0 Å². The van der Waals surface area contributed by atoms with Crippen LogP contribution in [0.25, 0.3) is 0 Å². The molecule has 3 nitrogen and oxygen atoms in total. The first-order valence-corrected chi connectivity index (χ1v) is 16.1. The normalized spacial score (nSPS) is 14.9. The average Bonchev–Trinajstić information content (AvgIpc) is 3.72. The predicted molar refractivity (Wildman–Crippen MR) is 159 cm³/mol. The minimum atomic E-state index is 0.0211. The lowest BCUT2D eigenvalue weighted by molar-refractivity contribution is -0.148. The van der Waals surface area contributed by atoms with Crippen LogP contribution in [0.4, 0.5) is 0 Å². The van der Waals surface area contributed by atoms with Gasteiger partial charge in [-0.15, -0.1) is 0 Å². The second kappa shape index (κ2) is 27.4. The van der Waals surface area contributed by atoms with Crippen LogP contribution in [0.5, 0.6) is 0 Å². The molecule has 0 bridgehead atoms. The molecular formula is C33H63NO2. The van der Waals surface area contributed by atoms with Gasteiger partial charge in [-0.3, -0.25) is 0 Å². The van der Waals surface area contributed by atoms with Crippen LogP contribution in [-0.4, -0.2) is 44.0 Å². The van der Waals surface area contributed by atoms with Gasteiger partial charge in [-0.2, -0.15) is 0 Å². The number of hydrogen-bond donors (Lipinski definition) is 0. The minimum Gasteiger partial charge on any atom is -0.353 e. The van der Waals surface area contributed by atoms with E-state index in [9.17, 15) is 0 Å². The molecule has 1 saturated heterocycles. The van der Waals surface area contributed by atoms with E-state index in [2.05, 4.69) is 43.1 Å². The number of ether oxygens (including phenoxy) is 2. The Bertz CT molecular complexity index is 486. The molecule has 1 aliphatic rings. The molecule has 1 fully saturated rings. The van der Waals surface area contributed by atoms with E-state index in [0.717, 1.165) is 32.5 Å². The van der Waals surface area contributed by atoms with E-state index in [1.807, 2.05) is 0 Å². The lowest BCUT2D eigenvalue weighted by Crippen LogP contribution is -2.20. The number of hydrogen-bond acceptors (Lipinski definition) is 3. The van der Waals surface area contributed by atoms with Crippen LogP contribution >= 0.6 is 0 Å². The Kier molecular flexibility index (Phi) is 25.4. The molecule has 0 aromatic carbocycles. The molecule has 212 valence electrons. The Balaban J connectivity index is 1.96. The third-order valence-corrected chi connectivity index (χ3v) is 7.15. The first-order valence-electron chi connectivity index (χ1n) is 16.1. The van der Waals surface area contributed by atoms with Gasteiger partial charge < -0.3 is 14.4 Å². The van der Waals surface area contributed by atoms with Gasteiger partial charge >= 0.3 is 0 Å². The minimum absolute atomic E-state index is 0.0211. The SMILES string of the molecule is CCCCCC=CCC=CCCCCCCCCCC(OCCCCCCCC)OCCCN1CC1. The zero-order chi connectivity index (χ0) is 25.8. The van der Waals surface area contributed by atoms with E-state index in [1.54, 1.807) is 0 Å². The van der Waals surface area contributed by atoms with Crippen molar-refractivity contribution in [3.63, 3.8) is 0 Å². The Labute approximate surface area is 226 Å². The third kappa shape index (κ3) is 25.0. The number of nitrogens with zero attached hydrogens (tertiary/aromatic N) is 1. The zero-order valence-corrected chi connectivity index (χ0v) is 24.5. The van der Waals surface area contributed by atoms with Gasteiger partial charge in [0.15, 0.2) is 6.29 Å². The molecule has 1 heterocycles. The van der Waals surface area contributed by atoms with Crippen LogP contribution in [0, 0.1) is 0 Å². The van der Waals surface area contributed by atoms with Gasteiger partial charge in [-0.25, -0.2) is 0 Å². The summed E-state index contributed by atoms with van der Waals surface area (Å²) < 4.78 is 12.3. The summed E-state index contributed by atoms with van der Waals surface area (Å²) in [5.74, 6) is 0. The molecule has 0 aliphatic carbocycles. The Morgan fingerprint density at radius 1 is 0.556 bits per heavy atom. The number of unbranched alkanes of at least 4 members (excludes halogenated alkanes) is 15. The summed E-state index contributed by atoms with van der Waals surface area (Å²) in [4.78, 5) is 2.47. The summed E-state index contributed by atoms with van der Waals surface area (Å²) in [6.07, 6.45) is 36.6. The highest BCUT2D eigenvalue weighted by atomic mass is 16.7. The lowest BCUT2D eigenvalue weighted by Gasteiger charge is -2.19. The maximum absolute atomic E-state index is 6.15. The molecule has 0 aromatic rings. The molecule has 0 amide bonds. The van der Waals surface area contributed by atoms with Crippen molar-refractivity contribution >= 4 is 0 Å². The second-order valence-electron chi connectivity index (χ2n) is 10.9. The number of rotatable bonds is 29. The predicted octanol–water partition coefficient (Wildman–Crippen LogP) is 10.0. The second-order valence-corrected chi connectivity index (χ2v) is 10.9. The molecule has 0 aromatic heterocycles. The Morgan fingerprint density at radius 3 is 1.69 bits per heavy atom. The molecule has 1 rings (SSSR count). The topological polar surface area (TPSA) is 21.5 Å². The molecule has 0 N–H and O–H groups in total. The van der Waals surface area contributed by atoms with Gasteiger partial charge in [-0.1, -0.05) is 115 Å². The van der Waals surface area contributed by atoms with Crippen molar-refractivity contribution < 1.29 is 9.47 Å². The van der Waals surface area contributed by atoms with Crippen LogP contribution in [0.1, 0.15) is 149 Å². The quantitative estimate of drug-likeness (QED) is 0.0437. The van der Waals surface area contributed by atoms with Crippen molar-refractivity contribution in [3.05, 3.63) is 24.3 Å². The molecule has 0 radical (unpaired) electrons. The van der Waals surface area contributed by atoms with E-state index >= 15 is 0 Å². The fraction of sp³-hybridized carbons (Fsp3) is 0.879. The fourth-order valence-corrected chi connectivity index (χ4v) is 4.59. The monoisotopic (exact) mass is 505 g/mol. The highest BCUT2D eigenvalue weighted by Crippen LogP contribution is 2.15. The van der Waals surface area contributed by atoms with E-state index in [0.29, 0.717) is 0 Å². The first kappa shape index (κ1) is 33.4. The summed E-state index contributed by atoms with van der Waals surface area (Å²) >= 11 is 0. The summed E-state index contributed by atoms with van der Waals surface area (Å²) in [5.41, 5.74) is 0. The van der Waals surface area contributed by atoms with Crippen molar-refractivity contribution in [2.75, 3.05) is 32.8 Å². The van der Waals surface area contributed by atoms with Crippen molar-refractivity contribution in [3.8, 4) is 0 Å². The van der Waals surface area contributed by atoms with Gasteiger partial charge in [0.1, 0.15) is 0 Å². The van der Waals surface area contributed by atoms with Gasteiger partial charge in [0.05, 0.1) is 6.61 Å². The molecule has 36 heavy (non-hydrogen) atoms. The zero-order valence-electron chi connectivity index (χ0n) is 24.5. The van der Waals surface area contributed by atoms with Crippen molar-refractivity contribution in [1.82, 2.24) is 4.90 Å². The summed E-state index contributed by atoms with van der Waals surface area (Å²) in [5, 5.41) is 0. The van der Waals surface area contributed by atoms with Gasteiger partial charge in [0, 0.05) is 26.2 Å². The van der Waals surface area contributed by atoms with E-state index in [-0.39, 0.29) is 6.29 Å². The average molecular weight is 506 g/mol. The Hall–Kier alpha value is -0.640. The maximum atomic E-state index is 6.15. The molecule has 1 aliphatic heterocycles. The smallest absolute Gasteiger partial charge is 0.157 e. The highest BCUT2D eigenvalue weighted by Gasteiger charge is 2.16. The van der Waals surface area contributed by atoms with Gasteiger partial charge in [0.2, 0.25) is 0 Å². The van der Waals surface area contributed by atoms with Crippen molar-refractivity contribution in [2.45, 2.75) is 155 Å². The fourth-order valence-electron chi connectivity index (χ4n) is 4.59. The Morgan fingerprint density at radius 2 is 1.06 bits per heavy atom. The summed E-state index contributed by atoms with van der Waals surface area (Å²) in [6.45, 7) is 10.0.